The zero-order valence-electron chi connectivity index (χ0n) is 13.5. The molecule has 0 heterocycles. The summed E-state index contributed by atoms with van der Waals surface area (Å²) in [6, 6.07) is 9.44. The Morgan fingerprint density at radius 3 is 2.54 bits per heavy atom. The van der Waals surface area contributed by atoms with Gasteiger partial charge in [0.05, 0.1) is 23.7 Å². The number of aryl methyl sites for hydroxylation is 2. The van der Waals surface area contributed by atoms with Gasteiger partial charge in [-0.2, -0.15) is 0 Å². The predicted molar refractivity (Wildman–Crippen MR) is 92.7 cm³/mol. The largest absolute Gasteiger partial charge is 0.347 e. The van der Waals surface area contributed by atoms with Crippen LogP contribution in [0.4, 0.5) is 10.1 Å². The minimum Gasteiger partial charge on any atom is -0.347 e. The number of hydrogen-bond donors (Lipinski definition) is 2. The second-order valence-corrected chi connectivity index (χ2v) is 5.98. The van der Waals surface area contributed by atoms with E-state index in [9.17, 15) is 14.0 Å². The summed E-state index contributed by atoms with van der Waals surface area (Å²) in [5.41, 5.74) is 2.93. The minimum atomic E-state index is -0.400. The molecular formula is C18H18ClFN2O2. The van der Waals surface area contributed by atoms with Gasteiger partial charge in [-0.3, -0.25) is 9.59 Å². The first-order chi connectivity index (χ1) is 11.3. The van der Waals surface area contributed by atoms with Gasteiger partial charge >= 0.3 is 0 Å². The summed E-state index contributed by atoms with van der Waals surface area (Å²) >= 11 is 6.13. The molecule has 0 aliphatic carbocycles. The van der Waals surface area contributed by atoms with Crippen LogP contribution in [-0.4, -0.2) is 18.4 Å². The van der Waals surface area contributed by atoms with E-state index in [2.05, 4.69) is 10.6 Å². The average Bonchev–Trinajstić information content (AvgIpc) is 2.49. The molecule has 0 bridgehead atoms. The van der Waals surface area contributed by atoms with Crippen molar-refractivity contribution in [2.45, 2.75) is 20.3 Å². The number of hydrogen-bond acceptors (Lipinski definition) is 2. The summed E-state index contributed by atoms with van der Waals surface area (Å²) in [5, 5.41) is 5.64. The number of nitrogens with one attached hydrogen (secondary N) is 2. The van der Waals surface area contributed by atoms with Crippen molar-refractivity contribution >= 4 is 29.1 Å². The van der Waals surface area contributed by atoms with E-state index in [0.717, 1.165) is 11.1 Å². The molecule has 2 N–H and O–H groups in total. The van der Waals surface area contributed by atoms with Crippen LogP contribution in [0.2, 0.25) is 5.02 Å². The van der Waals surface area contributed by atoms with Crippen LogP contribution in [0, 0.1) is 19.7 Å². The zero-order valence-corrected chi connectivity index (χ0v) is 14.2. The molecule has 0 fully saturated rings. The first kappa shape index (κ1) is 17.9. The van der Waals surface area contributed by atoms with Crippen LogP contribution in [-0.2, 0) is 16.0 Å². The highest BCUT2D eigenvalue weighted by molar-refractivity contribution is 6.34. The Labute approximate surface area is 145 Å². The Hall–Kier alpha value is -2.40. The SMILES string of the molecule is Cc1cc(C)c(NC(=O)CNC(=O)Cc2cccc(F)c2)c(Cl)c1. The third kappa shape index (κ3) is 5.06. The number of halogens is 2. The number of benzene rings is 2. The molecule has 0 aromatic heterocycles. The summed E-state index contributed by atoms with van der Waals surface area (Å²) < 4.78 is 13.1. The van der Waals surface area contributed by atoms with Crippen LogP contribution in [0.3, 0.4) is 0 Å². The number of anilines is 1. The molecule has 0 unspecified atom stereocenters. The minimum absolute atomic E-state index is 0.00928. The Morgan fingerprint density at radius 2 is 1.88 bits per heavy atom. The number of carbonyl (C=O) groups excluding carboxylic acids is 2. The van der Waals surface area contributed by atoms with Crippen molar-refractivity contribution in [3.63, 3.8) is 0 Å². The van der Waals surface area contributed by atoms with Gasteiger partial charge in [0, 0.05) is 0 Å². The topological polar surface area (TPSA) is 58.2 Å². The lowest BCUT2D eigenvalue weighted by Crippen LogP contribution is -2.34. The molecule has 0 radical (unpaired) electrons. The number of rotatable bonds is 5. The highest BCUT2D eigenvalue weighted by Gasteiger charge is 2.11. The summed E-state index contributed by atoms with van der Waals surface area (Å²) in [5.74, 6) is -1.14. The Bertz CT molecular complexity index is 754. The molecule has 0 spiro atoms. The predicted octanol–water partition coefficient (Wildman–Crippen LogP) is 3.39. The van der Waals surface area contributed by atoms with E-state index in [4.69, 9.17) is 11.6 Å². The second-order valence-electron chi connectivity index (χ2n) is 5.57. The van der Waals surface area contributed by atoms with Crippen LogP contribution < -0.4 is 10.6 Å². The van der Waals surface area contributed by atoms with Crippen molar-refractivity contribution in [1.29, 1.82) is 0 Å². The molecule has 0 saturated heterocycles. The molecular weight excluding hydrogens is 331 g/mol. The molecule has 0 aliphatic rings. The van der Waals surface area contributed by atoms with E-state index in [-0.39, 0.29) is 24.8 Å². The standard InChI is InChI=1S/C18H18ClFN2O2/c1-11-6-12(2)18(15(19)7-11)22-17(24)10-21-16(23)9-13-4-3-5-14(20)8-13/h3-8H,9-10H2,1-2H3,(H,21,23)(H,22,24). The molecule has 2 amide bonds. The fraction of sp³-hybridized carbons (Fsp3) is 0.222. The van der Waals surface area contributed by atoms with Crippen molar-refractivity contribution in [2.24, 2.45) is 0 Å². The van der Waals surface area contributed by atoms with E-state index in [1.165, 1.54) is 18.2 Å². The van der Waals surface area contributed by atoms with Gasteiger partial charge in [0.2, 0.25) is 11.8 Å². The quantitative estimate of drug-likeness (QED) is 0.870. The van der Waals surface area contributed by atoms with Crippen molar-refractivity contribution in [3.05, 3.63) is 63.9 Å². The summed E-state index contributed by atoms with van der Waals surface area (Å²) in [6.07, 6.45) is 0.00928. The summed E-state index contributed by atoms with van der Waals surface area (Å²) in [4.78, 5) is 23.8. The maximum absolute atomic E-state index is 13.1. The average molecular weight is 349 g/mol. The van der Waals surface area contributed by atoms with Crippen LogP contribution >= 0.6 is 11.6 Å². The van der Waals surface area contributed by atoms with Crippen LogP contribution in [0.5, 0.6) is 0 Å². The first-order valence-electron chi connectivity index (χ1n) is 7.43. The van der Waals surface area contributed by atoms with Gasteiger partial charge in [0.1, 0.15) is 5.82 Å². The molecule has 6 heteroatoms. The highest BCUT2D eigenvalue weighted by atomic mass is 35.5. The Kier molecular flexibility index (Phi) is 5.93. The van der Waals surface area contributed by atoms with Gasteiger partial charge in [-0.25, -0.2) is 4.39 Å². The Balaban J connectivity index is 1.88. The van der Waals surface area contributed by atoms with Gasteiger partial charge in [0.25, 0.3) is 0 Å². The van der Waals surface area contributed by atoms with E-state index < -0.39 is 5.82 Å². The molecule has 0 aliphatic heterocycles. The van der Waals surface area contributed by atoms with E-state index in [1.807, 2.05) is 19.9 Å². The normalized spacial score (nSPS) is 10.3. The number of carbonyl (C=O) groups is 2. The molecule has 2 rings (SSSR count). The van der Waals surface area contributed by atoms with E-state index in [1.54, 1.807) is 12.1 Å². The molecule has 2 aromatic carbocycles. The molecule has 24 heavy (non-hydrogen) atoms. The fourth-order valence-electron chi connectivity index (χ4n) is 2.33. The fourth-order valence-corrected chi connectivity index (χ4v) is 2.70. The maximum atomic E-state index is 13.1. The molecule has 2 aromatic rings. The van der Waals surface area contributed by atoms with Crippen LogP contribution in [0.15, 0.2) is 36.4 Å². The van der Waals surface area contributed by atoms with Crippen molar-refractivity contribution in [1.82, 2.24) is 5.32 Å². The molecule has 0 saturated carbocycles. The summed E-state index contributed by atoms with van der Waals surface area (Å²) in [7, 11) is 0. The third-order valence-corrected chi connectivity index (χ3v) is 3.69. The lowest BCUT2D eigenvalue weighted by atomic mass is 10.1. The third-order valence-electron chi connectivity index (χ3n) is 3.40. The maximum Gasteiger partial charge on any atom is 0.243 e. The first-order valence-corrected chi connectivity index (χ1v) is 7.80. The lowest BCUT2D eigenvalue weighted by Gasteiger charge is -2.12. The number of amides is 2. The van der Waals surface area contributed by atoms with Gasteiger partial charge in [-0.05, 0) is 48.7 Å². The zero-order chi connectivity index (χ0) is 17.7. The summed E-state index contributed by atoms with van der Waals surface area (Å²) in [6.45, 7) is 3.58. The smallest absolute Gasteiger partial charge is 0.243 e. The van der Waals surface area contributed by atoms with Gasteiger partial charge in [0.15, 0.2) is 0 Å². The lowest BCUT2D eigenvalue weighted by molar-refractivity contribution is -0.123. The highest BCUT2D eigenvalue weighted by Crippen LogP contribution is 2.27. The van der Waals surface area contributed by atoms with Gasteiger partial charge < -0.3 is 10.6 Å². The van der Waals surface area contributed by atoms with E-state index >= 15 is 0 Å². The Morgan fingerprint density at radius 1 is 1.12 bits per heavy atom. The second kappa shape index (κ2) is 7.93. The molecule has 4 nitrogen and oxygen atoms in total. The van der Waals surface area contributed by atoms with Crippen molar-refractivity contribution < 1.29 is 14.0 Å². The van der Waals surface area contributed by atoms with Crippen molar-refractivity contribution in [3.8, 4) is 0 Å². The molecule has 126 valence electrons. The monoisotopic (exact) mass is 348 g/mol. The van der Waals surface area contributed by atoms with Crippen LogP contribution in [0.25, 0.3) is 0 Å². The van der Waals surface area contributed by atoms with E-state index in [0.29, 0.717) is 16.3 Å². The van der Waals surface area contributed by atoms with Gasteiger partial charge in [-0.1, -0.05) is 29.8 Å². The van der Waals surface area contributed by atoms with Gasteiger partial charge in [-0.15, -0.1) is 0 Å². The molecule has 0 atom stereocenters. The van der Waals surface area contributed by atoms with Crippen LogP contribution in [0.1, 0.15) is 16.7 Å². The van der Waals surface area contributed by atoms with Crippen molar-refractivity contribution in [2.75, 3.05) is 11.9 Å².